The van der Waals surface area contributed by atoms with Crippen LogP contribution in [-0.2, 0) is 0 Å². The zero-order valence-corrected chi connectivity index (χ0v) is 18.5. The highest BCUT2D eigenvalue weighted by molar-refractivity contribution is 6.33. The van der Waals surface area contributed by atoms with Crippen molar-refractivity contribution >= 4 is 11.6 Å². The van der Waals surface area contributed by atoms with Gasteiger partial charge in [-0.2, -0.15) is 4.39 Å². The maximum absolute atomic E-state index is 14.6. The van der Waals surface area contributed by atoms with Gasteiger partial charge in [-0.1, -0.05) is 64.0 Å². The maximum Gasteiger partial charge on any atom is 0.201 e. The molecule has 0 N–H and O–H groups in total. The van der Waals surface area contributed by atoms with Crippen LogP contribution in [0.25, 0.3) is 11.1 Å². The molecule has 0 bridgehead atoms. The Kier molecular flexibility index (Phi) is 10.4. The van der Waals surface area contributed by atoms with Crippen molar-refractivity contribution in [2.45, 2.75) is 65.2 Å². The summed E-state index contributed by atoms with van der Waals surface area (Å²) in [6.07, 6.45) is 7.90. The van der Waals surface area contributed by atoms with E-state index in [1.165, 1.54) is 24.3 Å². The van der Waals surface area contributed by atoms with Crippen molar-refractivity contribution in [3.05, 3.63) is 46.7 Å². The summed E-state index contributed by atoms with van der Waals surface area (Å²) >= 11 is 6.12. The smallest absolute Gasteiger partial charge is 0.201 e. The van der Waals surface area contributed by atoms with Crippen molar-refractivity contribution in [2.24, 2.45) is 0 Å². The minimum Gasteiger partial charge on any atom is -0.490 e. The van der Waals surface area contributed by atoms with Crippen molar-refractivity contribution in [2.75, 3.05) is 13.2 Å². The van der Waals surface area contributed by atoms with Gasteiger partial charge >= 0.3 is 0 Å². The Bertz CT molecular complexity index is 744. The van der Waals surface area contributed by atoms with Gasteiger partial charge in [-0.05, 0) is 37.1 Å². The molecule has 0 saturated heterocycles. The fraction of sp³-hybridized carbons (Fsp3) is 0.500. The second kappa shape index (κ2) is 12.7. The zero-order valence-electron chi connectivity index (χ0n) is 17.7. The molecule has 0 aliphatic carbocycles. The van der Waals surface area contributed by atoms with E-state index in [2.05, 4.69) is 13.8 Å². The predicted molar refractivity (Wildman–Crippen MR) is 116 cm³/mol. The van der Waals surface area contributed by atoms with Crippen LogP contribution in [0.3, 0.4) is 0 Å². The Morgan fingerprint density at radius 2 is 1.13 bits per heavy atom. The van der Waals surface area contributed by atoms with Gasteiger partial charge in [0.15, 0.2) is 23.1 Å². The number of benzene rings is 2. The van der Waals surface area contributed by atoms with E-state index in [4.69, 9.17) is 21.1 Å². The molecular weight excluding hydrogens is 413 g/mol. The number of ether oxygens (including phenoxy) is 2. The van der Waals surface area contributed by atoms with Crippen LogP contribution >= 0.6 is 11.6 Å². The van der Waals surface area contributed by atoms with Crippen LogP contribution in [0.5, 0.6) is 11.5 Å². The first kappa shape index (κ1) is 24.4. The third kappa shape index (κ3) is 6.56. The summed E-state index contributed by atoms with van der Waals surface area (Å²) in [7, 11) is 0. The summed E-state index contributed by atoms with van der Waals surface area (Å²) in [4.78, 5) is 0. The molecule has 2 rings (SSSR count). The Morgan fingerprint density at radius 1 is 0.633 bits per heavy atom. The number of hydrogen-bond acceptors (Lipinski definition) is 2. The molecule has 0 spiro atoms. The number of halogens is 4. The van der Waals surface area contributed by atoms with Crippen LogP contribution in [0.2, 0.25) is 5.02 Å². The van der Waals surface area contributed by atoms with Gasteiger partial charge in [-0.25, -0.2) is 8.78 Å². The first-order valence-electron chi connectivity index (χ1n) is 10.7. The molecule has 2 nitrogen and oxygen atoms in total. The zero-order chi connectivity index (χ0) is 21.9. The fourth-order valence-corrected chi connectivity index (χ4v) is 3.38. The van der Waals surface area contributed by atoms with E-state index in [0.717, 1.165) is 51.4 Å². The lowest BCUT2D eigenvalue weighted by Crippen LogP contribution is -2.03. The largest absolute Gasteiger partial charge is 0.490 e. The summed E-state index contributed by atoms with van der Waals surface area (Å²) in [5, 5.41) is -0.299. The molecule has 0 saturated carbocycles. The molecule has 6 heteroatoms. The lowest BCUT2D eigenvalue weighted by Gasteiger charge is -2.13. The van der Waals surface area contributed by atoms with Gasteiger partial charge in [0.1, 0.15) is 0 Å². The van der Waals surface area contributed by atoms with Crippen molar-refractivity contribution in [3.8, 4) is 22.6 Å². The van der Waals surface area contributed by atoms with Crippen LogP contribution in [0.15, 0.2) is 24.3 Å². The normalized spacial score (nSPS) is 11.0. The minimum atomic E-state index is -1.12. The van der Waals surface area contributed by atoms with Gasteiger partial charge < -0.3 is 9.47 Å². The van der Waals surface area contributed by atoms with E-state index in [-0.39, 0.29) is 27.6 Å². The summed E-state index contributed by atoms with van der Waals surface area (Å²) < 4.78 is 54.5. The van der Waals surface area contributed by atoms with Gasteiger partial charge in [0.25, 0.3) is 0 Å². The molecule has 0 heterocycles. The SMILES string of the molecule is CCCCCCOc1ccc(-c2ccc(OCCCCCC)c(F)c2Cl)c(F)c1F. The molecule has 166 valence electrons. The second-order valence-corrected chi connectivity index (χ2v) is 7.67. The van der Waals surface area contributed by atoms with Crippen LogP contribution in [0.1, 0.15) is 65.2 Å². The van der Waals surface area contributed by atoms with Crippen molar-refractivity contribution in [3.63, 3.8) is 0 Å². The molecule has 0 fully saturated rings. The highest BCUT2D eigenvalue weighted by atomic mass is 35.5. The Labute approximate surface area is 182 Å². The second-order valence-electron chi connectivity index (χ2n) is 7.30. The predicted octanol–water partition coefficient (Wildman–Crippen LogP) is 8.34. The van der Waals surface area contributed by atoms with E-state index in [0.29, 0.717) is 13.2 Å². The molecule has 0 atom stereocenters. The standard InChI is InChI=1S/C24H30ClF3O2/c1-3-5-7-9-15-29-19-13-11-17(21(25)23(19)27)18-12-14-20(24(28)22(18)26)30-16-10-8-6-4-2/h11-14H,3-10,15-16H2,1-2H3. The van der Waals surface area contributed by atoms with Gasteiger partial charge in [0.2, 0.25) is 5.82 Å². The van der Waals surface area contributed by atoms with Gasteiger partial charge in [-0.15, -0.1) is 0 Å². The molecule has 2 aromatic carbocycles. The summed E-state index contributed by atoms with van der Waals surface area (Å²) in [6.45, 7) is 4.89. The highest BCUT2D eigenvalue weighted by Crippen LogP contribution is 2.38. The third-order valence-electron chi connectivity index (χ3n) is 4.89. The van der Waals surface area contributed by atoms with E-state index < -0.39 is 17.5 Å². The van der Waals surface area contributed by atoms with Crippen LogP contribution < -0.4 is 9.47 Å². The molecule has 0 aromatic heterocycles. The lowest BCUT2D eigenvalue weighted by molar-refractivity contribution is 0.285. The monoisotopic (exact) mass is 442 g/mol. The van der Waals surface area contributed by atoms with Crippen molar-refractivity contribution < 1.29 is 22.6 Å². The molecule has 0 radical (unpaired) electrons. The Morgan fingerprint density at radius 3 is 1.67 bits per heavy atom. The molecule has 0 amide bonds. The van der Waals surface area contributed by atoms with E-state index in [1.54, 1.807) is 0 Å². The molecule has 0 unspecified atom stereocenters. The van der Waals surface area contributed by atoms with E-state index in [9.17, 15) is 13.2 Å². The summed E-state index contributed by atoms with van der Waals surface area (Å²) in [5.74, 6) is -3.14. The number of rotatable bonds is 13. The first-order valence-corrected chi connectivity index (χ1v) is 11.1. The average Bonchev–Trinajstić information content (AvgIpc) is 2.74. The molecule has 0 aliphatic heterocycles. The van der Waals surface area contributed by atoms with E-state index in [1.807, 2.05) is 0 Å². The van der Waals surface area contributed by atoms with Crippen LogP contribution in [0.4, 0.5) is 13.2 Å². The van der Waals surface area contributed by atoms with Crippen LogP contribution in [-0.4, -0.2) is 13.2 Å². The average molecular weight is 443 g/mol. The minimum absolute atomic E-state index is 0.00756. The first-order chi connectivity index (χ1) is 14.5. The topological polar surface area (TPSA) is 18.5 Å². The maximum atomic E-state index is 14.6. The molecule has 2 aromatic rings. The number of unbranched alkanes of at least 4 members (excludes halogenated alkanes) is 6. The van der Waals surface area contributed by atoms with Gasteiger partial charge in [-0.3, -0.25) is 0 Å². The quantitative estimate of drug-likeness (QED) is 0.290. The molecule has 0 aliphatic rings. The fourth-order valence-electron chi connectivity index (χ4n) is 3.12. The highest BCUT2D eigenvalue weighted by Gasteiger charge is 2.20. The van der Waals surface area contributed by atoms with Crippen LogP contribution in [0, 0.1) is 17.5 Å². The number of hydrogen-bond donors (Lipinski definition) is 0. The third-order valence-corrected chi connectivity index (χ3v) is 5.26. The van der Waals surface area contributed by atoms with Gasteiger partial charge in [0, 0.05) is 11.1 Å². The van der Waals surface area contributed by atoms with E-state index >= 15 is 0 Å². The summed E-state index contributed by atoms with van der Waals surface area (Å²) in [6, 6.07) is 5.54. The van der Waals surface area contributed by atoms with Crippen molar-refractivity contribution in [1.82, 2.24) is 0 Å². The lowest BCUT2D eigenvalue weighted by atomic mass is 10.0. The Hall–Kier alpha value is -1.88. The molecule has 30 heavy (non-hydrogen) atoms. The summed E-state index contributed by atoms with van der Waals surface area (Å²) in [5.41, 5.74) is -0.0531. The van der Waals surface area contributed by atoms with Gasteiger partial charge in [0.05, 0.1) is 18.2 Å². The Balaban J connectivity index is 2.11. The molecular formula is C24H30ClF3O2. The van der Waals surface area contributed by atoms with Crippen molar-refractivity contribution in [1.29, 1.82) is 0 Å².